The number of aryl methyl sites for hydroxylation is 1. The Kier molecular flexibility index (Phi) is 7.74. The molecule has 0 saturated heterocycles. The van der Waals surface area contributed by atoms with E-state index in [4.69, 9.17) is 34.8 Å². The zero-order chi connectivity index (χ0) is 24.3. The first-order valence-electron chi connectivity index (χ1n) is 9.67. The van der Waals surface area contributed by atoms with Crippen LogP contribution in [0.2, 0.25) is 15.1 Å². The molecule has 0 bridgehead atoms. The van der Waals surface area contributed by atoms with Gasteiger partial charge in [0, 0.05) is 32.7 Å². The lowest BCUT2D eigenvalue weighted by Crippen LogP contribution is -2.39. The normalized spacial score (nSPS) is 11.7. The molecule has 11 heteroatoms. The van der Waals surface area contributed by atoms with E-state index in [1.54, 1.807) is 36.4 Å². The van der Waals surface area contributed by atoms with Crippen molar-refractivity contribution in [2.24, 2.45) is 5.10 Å². The molecule has 1 amide bonds. The molecule has 0 unspecified atom stereocenters. The van der Waals surface area contributed by atoms with E-state index in [1.165, 1.54) is 12.3 Å². The Morgan fingerprint density at radius 2 is 1.73 bits per heavy atom. The van der Waals surface area contributed by atoms with Crippen LogP contribution in [-0.4, -0.2) is 37.9 Å². The number of amides is 1. The Balaban J connectivity index is 1.77. The maximum atomic E-state index is 12.4. The number of nitrogens with one attached hydrogen (secondary N) is 1. The van der Waals surface area contributed by atoms with Crippen LogP contribution in [0.4, 0.5) is 5.69 Å². The number of benzene rings is 2. The van der Waals surface area contributed by atoms with Gasteiger partial charge in [0.1, 0.15) is 6.54 Å². The number of halogens is 3. The van der Waals surface area contributed by atoms with Crippen LogP contribution in [-0.2, 0) is 14.8 Å². The molecule has 3 rings (SSSR count). The first kappa shape index (κ1) is 25.1. The summed E-state index contributed by atoms with van der Waals surface area (Å²) < 4.78 is 27.3. The molecule has 33 heavy (non-hydrogen) atoms. The number of hydrazone groups is 1. The number of nitrogens with zero attached hydrogens (tertiary/aromatic N) is 3. The summed E-state index contributed by atoms with van der Waals surface area (Å²) in [4.78, 5) is 12.4. The van der Waals surface area contributed by atoms with Crippen molar-refractivity contribution >= 4 is 62.6 Å². The molecule has 1 heterocycles. The summed E-state index contributed by atoms with van der Waals surface area (Å²) in [7, 11) is -3.75. The average Bonchev–Trinajstić information content (AvgIpc) is 2.98. The molecule has 0 aliphatic heterocycles. The molecule has 0 atom stereocenters. The number of hydrogen-bond acceptors (Lipinski definition) is 4. The highest BCUT2D eigenvalue weighted by molar-refractivity contribution is 7.92. The average molecular weight is 528 g/mol. The van der Waals surface area contributed by atoms with Crippen molar-refractivity contribution in [3.05, 3.63) is 80.6 Å². The highest BCUT2D eigenvalue weighted by Gasteiger charge is 2.22. The number of sulfonamides is 1. The van der Waals surface area contributed by atoms with E-state index in [9.17, 15) is 13.2 Å². The molecule has 1 aromatic heterocycles. The molecule has 7 nitrogen and oxygen atoms in total. The van der Waals surface area contributed by atoms with Gasteiger partial charge >= 0.3 is 0 Å². The number of carbonyl (C=O) groups excluding carboxylic acids is 1. The maximum Gasteiger partial charge on any atom is 0.260 e. The van der Waals surface area contributed by atoms with Crippen LogP contribution >= 0.6 is 34.8 Å². The van der Waals surface area contributed by atoms with E-state index >= 15 is 0 Å². The van der Waals surface area contributed by atoms with Crippen LogP contribution in [0, 0.1) is 13.8 Å². The Hall–Kier alpha value is -2.52. The summed E-state index contributed by atoms with van der Waals surface area (Å²) in [6.45, 7) is 3.35. The van der Waals surface area contributed by atoms with E-state index in [2.05, 4.69) is 10.5 Å². The number of hydrogen-bond donors (Lipinski definition) is 1. The van der Waals surface area contributed by atoms with Gasteiger partial charge in [-0.15, -0.1) is 0 Å². The molecule has 2 aromatic carbocycles. The van der Waals surface area contributed by atoms with E-state index in [0.29, 0.717) is 10.0 Å². The van der Waals surface area contributed by atoms with Crippen molar-refractivity contribution in [1.29, 1.82) is 0 Å². The van der Waals surface area contributed by atoms with Crippen LogP contribution in [0.1, 0.15) is 17.0 Å². The first-order chi connectivity index (χ1) is 15.5. The molecule has 174 valence electrons. The smallest absolute Gasteiger partial charge is 0.260 e. The molecule has 0 aliphatic rings. The van der Waals surface area contributed by atoms with Gasteiger partial charge < -0.3 is 4.57 Å². The zero-order valence-electron chi connectivity index (χ0n) is 18.0. The lowest BCUT2D eigenvalue weighted by atomic mass is 10.2. The molecule has 0 fully saturated rings. The van der Waals surface area contributed by atoms with E-state index < -0.39 is 22.5 Å². The first-order valence-corrected chi connectivity index (χ1v) is 12.6. The summed E-state index contributed by atoms with van der Waals surface area (Å²) in [5.74, 6) is -0.618. The highest BCUT2D eigenvalue weighted by Crippen LogP contribution is 2.27. The summed E-state index contributed by atoms with van der Waals surface area (Å²) in [6, 6.07) is 13.5. The molecular weight excluding hydrogens is 507 g/mol. The van der Waals surface area contributed by atoms with E-state index in [-0.39, 0.29) is 10.7 Å². The highest BCUT2D eigenvalue weighted by atomic mass is 35.5. The van der Waals surface area contributed by atoms with Gasteiger partial charge in [-0.1, -0.05) is 46.9 Å². The predicted molar refractivity (Wildman–Crippen MR) is 135 cm³/mol. The Bertz CT molecular complexity index is 1320. The van der Waals surface area contributed by atoms with Gasteiger partial charge in [0.15, 0.2) is 0 Å². The fraction of sp³-hybridized carbons (Fsp3) is 0.182. The monoisotopic (exact) mass is 526 g/mol. The van der Waals surface area contributed by atoms with Crippen molar-refractivity contribution in [1.82, 2.24) is 9.99 Å². The number of aromatic nitrogens is 1. The van der Waals surface area contributed by atoms with Gasteiger partial charge in [-0.05, 0) is 50.2 Å². The Morgan fingerprint density at radius 1 is 1.09 bits per heavy atom. The quantitative estimate of drug-likeness (QED) is 0.348. The van der Waals surface area contributed by atoms with Crippen LogP contribution in [0.5, 0.6) is 0 Å². The SMILES string of the molecule is Cc1cc(/C=N\NC(=O)CN(c2ccccc2Cl)S(C)(=O)=O)c(C)n1-c1cc(Cl)cc(Cl)c1. The largest absolute Gasteiger partial charge is 0.318 e. The summed E-state index contributed by atoms with van der Waals surface area (Å²) in [6.07, 6.45) is 2.49. The third-order valence-electron chi connectivity index (χ3n) is 4.78. The molecule has 0 spiro atoms. The second kappa shape index (κ2) is 10.2. The standard InChI is InChI=1S/C22H21Cl3N4O3S/c1-14-8-16(15(2)29(14)19-10-17(23)9-18(24)11-19)12-26-27-22(30)13-28(33(3,31)32)21-7-5-4-6-20(21)25/h4-12H,13H2,1-3H3,(H,27,30)/b26-12-. The van der Waals surface area contributed by atoms with E-state index in [0.717, 1.165) is 33.2 Å². The molecule has 0 saturated carbocycles. The number of para-hydroxylation sites is 1. The second-order valence-electron chi connectivity index (χ2n) is 7.30. The van der Waals surface area contributed by atoms with Gasteiger partial charge in [0.05, 0.1) is 23.2 Å². The van der Waals surface area contributed by atoms with Crippen molar-refractivity contribution in [3.8, 4) is 5.69 Å². The molecule has 3 aromatic rings. The fourth-order valence-electron chi connectivity index (χ4n) is 3.36. The van der Waals surface area contributed by atoms with Crippen LogP contribution in [0.25, 0.3) is 5.69 Å². The molecular formula is C22H21Cl3N4O3S. The third kappa shape index (κ3) is 6.09. The van der Waals surface area contributed by atoms with E-state index in [1.807, 2.05) is 24.5 Å². The number of rotatable bonds is 7. The second-order valence-corrected chi connectivity index (χ2v) is 10.5. The lowest BCUT2D eigenvalue weighted by molar-refractivity contribution is -0.119. The fourth-order valence-corrected chi connectivity index (χ4v) is 5.03. The van der Waals surface area contributed by atoms with Gasteiger partial charge in [0.2, 0.25) is 10.0 Å². The number of carbonyl (C=O) groups is 1. The van der Waals surface area contributed by atoms with Gasteiger partial charge in [-0.2, -0.15) is 5.10 Å². The van der Waals surface area contributed by atoms with Crippen LogP contribution < -0.4 is 9.73 Å². The minimum Gasteiger partial charge on any atom is -0.318 e. The predicted octanol–water partition coefficient (Wildman–Crippen LogP) is 4.97. The topological polar surface area (TPSA) is 83.8 Å². The Morgan fingerprint density at radius 3 is 2.33 bits per heavy atom. The number of anilines is 1. The minimum atomic E-state index is -3.75. The van der Waals surface area contributed by atoms with Gasteiger partial charge in [-0.25, -0.2) is 13.8 Å². The lowest BCUT2D eigenvalue weighted by Gasteiger charge is -2.22. The molecule has 0 aliphatic carbocycles. The van der Waals surface area contributed by atoms with Crippen molar-refractivity contribution in [2.45, 2.75) is 13.8 Å². The summed E-state index contributed by atoms with van der Waals surface area (Å²) in [5, 5.41) is 5.24. The van der Waals surface area contributed by atoms with Crippen LogP contribution in [0.3, 0.4) is 0 Å². The third-order valence-corrected chi connectivity index (χ3v) is 6.66. The Labute approximate surface area is 207 Å². The van der Waals surface area contributed by atoms with Crippen LogP contribution in [0.15, 0.2) is 53.6 Å². The van der Waals surface area contributed by atoms with Crippen molar-refractivity contribution in [2.75, 3.05) is 17.1 Å². The molecule has 0 radical (unpaired) electrons. The van der Waals surface area contributed by atoms with Crippen molar-refractivity contribution < 1.29 is 13.2 Å². The zero-order valence-corrected chi connectivity index (χ0v) is 21.1. The van der Waals surface area contributed by atoms with Gasteiger partial charge in [0.25, 0.3) is 5.91 Å². The molecule has 1 N–H and O–H groups in total. The maximum absolute atomic E-state index is 12.4. The van der Waals surface area contributed by atoms with Gasteiger partial charge in [-0.3, -0.25) is 9.10 Å². The summed E-state index contributed by atoms with van der Waals surface area (Å²) in [5.41, 5.74) is 5.92. The van der Waals surface area contributed by atoms with Crippen molar-refractivity contribution in [3.63, 3.8) is 0 Å². The minimum absolute atomic E-state index is 0.213. The summed E-state index contributed by atoms with van der Waals surface area (Å²) >= 11 is 18.4.